The zero-order chi connectivity index (χ0) is 15.0. The average Bonchev–Trinajstić information content (AvgIpc) is 2.42. The number of hydrogen-bond donors (Lipinski definition) is 0. The van der Waals surface area contributed by atoms with Crippen molar-refractivity contribution in [2.75, 3.05) is 64.0 Å². The van der Waals surface area contributed by atoms with Crippen molar-refractivity contribution in [1.82, 2.24) is 9.80 Å². The second-order valence-corrected chi connectivity index (χ2v) is 8.95. The van der Waals surface area contributed by atoms with Gasteiger partial charge in [-0.15, -0.1) is 0 Å². The summed E-state index contributed by atoms with van der Waals surface area (Å²) in [4.78, 5) is 4.97. The Hall–Kier alpha value is 0.1000. The Morgan fingerprint density at radius 3 is 1.90 bits per heavy atom. The number of nitrogens with zero attached hydrogens (tertiary/aromatic N) is 2. The van der Waals surface area contributed by atoms with Gasteiger partial charge in [-0.05, 0) is 12.0 Å². The van der Waals surface area contributed by atoms with Crippen LogP contribution in [0.25, 0.3) is 0 Å². The van der Waals surface area contributed by atoms with Crippen molar-refractivity contribution >= 4 is 16.4 Å². The van der Waals surface area contributed by atoms with Crippen LogP contribution < -0.4 is 0 Å². The summed E-state index contributed by atoms with van der Waals surface area (Å²) in [7, 11) is 0.469. The smallest absolute Gasteiger partial charge is 0.0594 e. The van der Waals surface area contributed by atoms with Crippen LogP contribution in [-0.4, -0.2) is 79.7 Å². The molecular weight excluding hydrogens is 280 g/mol. The standard InChI is InChI=1S/C10H21NS.C6H13NO.CH4/c1-10(2,3)9-11-5-7-12(4)8-6-11;1-2-7-3-5-8-6-4-7;/h4-9H2,1-3H3;2-6H2,1H3;1H4. The molecule has 2 aliphatic heterocycles. The first kappa shape index (κ1) is 21.1. The molecule has 128 valence electrons. The van der Waals surface area contributed by atoms with Crippen LogP contribution in [-0.2, 0) is 4.74 Å². The summed E-state index contributed by atoms with van der Waals surface area (Å²) in [6, 6.07) is 0. The molecule has 0 aromatic carbocycles. The topological polar surface area (TPSA) is 15.7 Å². The Morgan fingerprint density at radius 1 is 1.00 bits per heavy atom. The van der Waals surface area contributed by atoms with E-state index in [1.54, 1.807) is 0 Å². The van der Waals surface area contributed by atoms with Crippen LogP contribution in [0.1, 0.15) is 35.1 Å². The minimum atomic E-state index is 0. The summed E-state index contributed by atoms with van der Waals surface area (Å²) in [5.41, 5.74) is 0.455. The number of likely N-dealkylation sites (N-methyl/N-ethyl adjacent to an activating group) is 1. The Labute approximate surface area is 136 Å². The molecule has 21 heavy (non-hydrogen) atoms. The zero-order valence-electron chi connectivity index (χ0n) is 14.0. The quantitative estimate of drug-likeness (QED) is 0.728. The van der Waals surface area contributed by atoms with Gasteiger partial charge in [0.05, 0.1) is 13.2 Å². The van der Waals surface area contributed by atoms with Gasteiger partial charge in [-0.25, -0.2) is 0 Å². The van der Waals surface area contributed by atoms with Gasteiger partial charge in [-0.2, -0.15) is 10.5 Å². The summed E-state index contributed by atoms with van der Waals surface area (Å²) >= 11 is 0. The van der Waals surface area contributed by atoms with Crippen LogP contribution >= 0.6 is 10.5 Å². The van der Waals surface area contributed by atoms with E-state index < -0.39 is 0 Å². The molecule has 2 fully saturated rings. The van der Waals surface area contributed by atoms with E-state index in [1.165, 1.54) is 37.7 Å². The van der Waals surface area contributed by atoms with E-state index in [0.29, 0.717) is 15.9 Å². The largest absolute Gasteiger partial charge is 0.379 e. The normalized spacial score (nSPS) is 22.1. The van der Waals surface area contributed by atoms with Crippen molar-refractivity contribution < 1.29 is 4.74 Å². The molecule has 2 rings (SSSR count). The summed E-state index contributed by atoms with van der Waals surface area (Å²) < 4.78 is 5.16. The van der Waals surface area contributed by atoms with Gasteiger partial charge >= 0.3 is 0 Å². The summed E-state index contributed by atoms with van der Waals surface area (Å²) in [6.45, 7) is 18.2. The maximum absolute atomic E-state index is 5.16. The number of hydrogen-bond acceptors (Lipinski definition) is 3. The lowest BCUT2D eigenvalue weighted by atomic mass is 9.96. The Kier molecular flexibility index (Phi) is 10.8. The minimum Gasteiger partial charge on any atom is -0.379 e. The molecule has 0 N–H and O–H groups in total. The van der Waals surface area contributed by atoms with Gasteiger partial charge in [-0.3, -0.25) is 4.90 Å². The van der Waals surface area contributed by atoms with Crippen LogP contribution in [0.3, 0.4) is 0 Å². The third-order valence-corrected chi connectivity index (χ3v) is 5.16. The maximum atomic E-state index is 5.16. The number of rotatable bonds is 2. The third-order valence-electron chi connectivity index (χ3n) is 3.64. The van der Waals surface area contributed by atoms with Crippen LogP contribution in [0.4, 0.5) is 0 Å². The molecule has 0 radical (unpaired) electrons. The van der Waals surface area contributed by atoms with Crippen molar-refractivity contribution in [3.63, 3.8) is 0 Å². The highest BCUT2D eigenvalue weighted by Crippen LogP contribution is 2.20. The Morgan fingerprint density at radius 2 is 1.52 bits per heavy atom. The summed E-state index contributed by atoms with van der Waals surface area (Å²) in [6.07, 6.45) is 0. The second kappa shape index (κ2) is 10.8. The third kappa shape index (κ3) is 10.5. The fourth-order valence-corrected chi connectivity index (χ4v) is 3.71. The second-order valence-electron chi connectivity index (χ2n) is 6.90. The Bertz CT molecular complexity index is 273. The molecule has 3 nitrogen and oxygen atoms in total. The summed E-state index contributed by atoms with van der Waals surface area (Å²) in [5.74, 6) is 6.76. The summed E-state index contributed by atoms with van der Waals surface area (Å²) in [5, 5.41) is 0. The molecule has 0 saturated carbocycles. The number of ether oxygens (including phenoxy) is 1. The molecule has 0 aromatic rings. The molecule has 2 aliphatic rings. The van der Waals surface area contributed by atoms with Crippen LogP contribution in [0.5, 0.6) is 0 Å². The molecule has 0 unspecified atom stereocenters. The lowest BCUT2D eigenvalue weighted by molar-refractivity contribution is 0.0405. The average molecular weight is 319 g/mol. The van der Waals surface area contributed by atoms with Gasteiger partial charge in [0, 0.05) is 44.2 Å². The zero-order valence-corrected chi connectivity index (χ0v) is 14.8. The minimum absolute atomic E-state index is 0. The lowest BCUT2D eigenvalue weighted by Crippen LogP contribution is -2.39. The van der Waals surface area contributed by atoms with Crippen molar-refractivity contribution in [1.29, 1.82) is 0 Å². The number of morpholine rings is 1. The first-order valence-corrected chi connectivity index (χ1v) is 9.63. The van der Waals surface area contributed by atoms with Crippen LogP contribution in [0.15, 0.2) is 0 Å². The highest BCUT2D eigenvalue weighted by Gasteiger charge is 2.18. The van der Waals surface area contributed by atoms with Gasteiger partial charge in [0.2, 0.25) is 0 Å². The van der Waals surface area contributed by atoms with Gasteiger partial charge in [0.15, 0.2) is 0 Å². The fourth-order valence-electron chi connectivity index (χ4n) is 2.48. The molecule has 4 heteroatoms. The van der Waals surface area contributed by atoms with Gasteiger partial charge in [0.1, 0.15) is 0 Å². The van der Waals surface area contributed by atoms with E-state index in [4.69, 9.17) is 4.74 Å². The van der Waals surface area contributed by atoms with Gasteiger partial charge in [-0.1, -0.05) is 41.0 Å². The predicted octanol–water partition coefficient (Wildman–Crippen LogP) is 3.02. The Balaban J connectivity index is 0.000000390. The van der Waals surface area contributed by atoms with Crippen LogP contribution in [0, 0.1) is 5.41 Å². The molecule has 2 heterocycles. The first-order valence-electron chi connectivity index (χ1n) is 7.90. The van der Waals surface area contributed by atoms with Crippen LogP contribution in [0.2, 0.25) is 0 Å². The molecule has 0 spiro atoms. The SMILES string of the molecule is C.C=S1CCN(CC(C)(C)C)CC1.CCN1CCOCC1. The molecule has 0 aliphatic carbocycles. The molecule has 0 atom stereocenters. The van der Waals surface area contributed by atoms with E-state index in [9.17, 15) is 0 Å². The van der Waals surface area contributed by atoms with Crippen molar-refractivity contribution in [2.24, 2.45) is 5.41 Å². The van der Waals surface area contributed by atoms with E-state index in [0.717, 1.165) is 26.3 Å². The van der Waals surface area contributed by atoms with Gasteiger partial charge < -0.3 is 9.64 Å². The first-order chi connectivity index (χ1) is 9.40. The highest BCUT2D eigenvalue weighted by molar-refractivity contribution is 8.14. The van der Waals surface area contributed by atoms with Crippen molar-refractivity contribution in [3.05, 3.63) is 0 Å². The van der Waals surface area contributed by atoms with Crippen molar-refractivity contribution in [3.8, 4) is 0 Å². The lowest BCUT2D eigenvalue weighted by Gasteiger charge is -2.33. The maximum Gasteiger partial charge on any atom is 0.0594 e. The van der Waals surface area contributed by atoms with E-state index in [2.05, 4.69) is 43.4 Å². The molecular formula is C17H38N2OS. The molecule has 0 amide bonds. The highest BCUT2D eigenvalue weighted by atomic mass is 32.2. The van der Waals surface area contributed by atoms with E-state index >= 15 is 0 Å². The molecule has 0 aromatic heterocycles. The molecule has 0 bridgehead atoms. The molecule has 2 saturated heterocycles. The van der Waals surface area contributed by atoms with E-state index in [-0.39, 0.29) is 7.43 Å². The van der Waals surface area contributed by atoms with Gasteiger partial charge in [0.25, 0.3) is 0 Å². The van der Waals surface area contributed by atoms with E-state index in [1.807, 2.05) is 0 Å². The fraction of sp³-hybridized carbons (Fsp3) is 0.941. The van der Waals surface area contributed by atoms with Crippen molar-refractivity contribution in [2.45, 2.75) is 35.1 Å². The predicted molar refractivity (Wildman–Crippen MR) is 100 cm³/mol. The monoisotopic (exact) mass is 318 g/mol.